The maximum Gasteiger partial charge on any atom is 0.240 e. The maximum atomic E-state index is 5.36. The molecule has 1 aliphatic heterocycles. The first-order valence-corrected chi connectivity index (χ1v) is 8.30. The van der Waals surface area contributed by atoms with Crippen molar-refractivity contribution in [3.05, 3.63) is 11.7 Å². The molecule has 1 atom stereocenters. The first kappa shape index (κ1) is 16.4. The molecule has 0 saturated carbocycles. The summed E-state index contributed by atoms with van der Waals surface area (Å²) in [5, 5.41) is 7.62. The van der Waals surface area contributed by atoms with Crippen molar-refractivity contribution in [2.75, 3.05) is 26.2 Å². The molecule has 1 aliphatic rings. The van der Waals surface area contributed by atoms with E-state index >= 15 is 0 Å². The summed E-state index contributed by atoms with van der Waals surface area (Å²) in [5.41, 5.74) is 0. The lowest BCUT2D eigenvalue weighted by Crippen LogP contribution is -2.39. The highest BCUT2D eigenvalue weighted by Gasteiger charge is 2.21. The minimum Gasteiger partial charge on any atom is -0.338 e. The molecule has 0 aromatic carbocycles. The second kappa shape index (κ2) is 7.90. The third-order valence-corrected chi connectivity index (χ3v) is 3.95. The first-order valence-electron chi connectivity index (χ1n) is 8.30. The van der Waals surface area contributed by atoms with Crippen LogP contribution in [0.2, 0.25) is 0 Å². The molecule has 0 spiro atoms. The highest BCUT2D eigenvalue weighted by atomic mass is 16.5. The average molecular weight is 294 g/mol. The van der Waals surface area contributed by atoms with Crippen molar-refractivity contribution >= 4 is 0 Å². The van der Waals surface area contributed by atoms with Gasteiger partial charge in [-0.15, -0.1) is 0 Å². The number of rotatable bonds is 7. The zero-order valence-electron chi connectivity index (χ0n) is 13.9. The zero-order valence-corrected chi connectivity index (χ0v) is 13.9. The van der Waals surface area contributed by atoms with Gasteiger partial charge in [-0.05, 0) is 44.3 Å². The lowest BCUT2D eigenvalue weighted by molar-refractivity contribution is 0.148. The molecule has 0 bridgehead atoms. The number of likely N-dealkylation sites (tertiary alicyclic amines) is 1. The van der Waals surface area contributed by atoms with Crippen LogP contribution in [0, 0.1) is 11.8 Å². The molecule has 1 aromatic rings. The van der Waals surface area contributed by atoms with Gasteiger partial charge in [-0.1, -0.05) is 32.9 Å². The van der Waals surface area contributed by atoms with Crippen molar-refractivity contribution in [3.63, 3.8) is 0 Å². The Kier molecular flexibility index (Phi) is 6.18. The lowest BCUT2D eigenvalue weighted by atomic mass is 9.98. The topological polar surface area (TPSA) is 54.2 Å². The minimum atomic E-state index is 0.330. The molecule has 21 heavy (non-hydrogen) atoms. The van der Waals surface area contributed by atoms with Gasteiger partial charge >= 0.3 is 0 Å². The van der Waals surface area contributed by atoms with Crippen LogP contribution in [0.25, 0.3) is 0 Å². The quantitative estimate of drug-likeness (QED) is 0.838. The van der Waals surface area contributed by atoms with E-state index in [0.717, 1.165) is 56.3 Å². The Balaban J connectivity index is 1.77. The second-order valence-electron chi connectivity index (χ2n) is 7.00. The average Bonchev–Trinajstić information content (AvgIpc) is 2.87. The molecular formula is C16H30N4O. The fourth-order valence-corrected chi connectivity index (χ4v) is 2.80. The van der Waals surface area contributed by atoms with Crippen LogP contribution in [0.4, 0.5) is 0 Å². The minimum absolute atomic E-state index is 0.330. The van der Waals surface area contributed by atoms with Crippen molar-refractivity contribution in [1.29, 1.82) is 0 Å². The summed E-state index contributed by atoms with van der Waals surface area (Å²) in [5.74, 6) is 3.37. The van der Waals surface area contributed by atoms with Crippen LogP contribution in [0.5, 0.6) is 0 Å². The van der Waals surface area contributed by atoms with Gasteiger partial charge in [-0.3, -0.25) is 4.90 Å². The molecule has 2 rings (SSSR count). The first-order chi connectivity index (χ1) is 10.0. The molecular weight excluding hydrogens is 264 g/mol. The molecule has 1 fully saturated rings. The molecule has 1 unspecified atom stereocenters. The predicted molar refractivity (Wildman–Crippen MR) is 84.1 cm³/mol. The summed E-state index contributed by atoms with van der Waals surface area (Å²) in [6, 6.07) is 0. The summed E-state index contributed by atoms with van der Waals surface area (Å²) in [7, 11) is 0. The molecule has 2 heterocycles. The summed E-state index contributed by atoms with van der Waals surface area (Å²) in [4.78, 5) is 6.93. The van der Waals surface area contributed by atoms with Gasteiger partial charge in [0.25, 0.3) is 0 Å². The van der Waals surface area contributed by atoms with E-state index in [2.05, 4.69) is 48.1 Å². The van der Waals surface area contributed by atoms with E-state index in [4.69, 9.17) is 4.52 Å². The summed E-state index contributed by atoms with van der Waals surface area (Å²) in [6.07, 6.45) is 2.59. The van der Waals surface area contributed by atoms with E-state index in [0.29, 0.717) is 5.92 Å². The van der Waals surface area contributed by atoms with Crippen LogP contribution in [-0.2, 0) is 6.54 Å². The Morgan fingerprint density at radius 2 is 2.14 bits per heavy atom. The van der Waals surface area contributed by atoms with Crippen molar-refractivity contribution in [2.45, 2.75) is 53.0 Å². The van der Waals surface area contributed by atoms with Gasteiger partial charge in [0.05, 0.1) is 6.54 Å². The number of hydrogen-bond acceptors (Lipinski definition) is 5. The molecule has 5 nitrogen and oxygen atoms in total. The molecule has 1 N–H and O–H groups in total. The van der Waals surface area contributed by atoms with E-state index in [1.807, 2.05) is 0 Å². The maximum absolute atomic E-state index is 5.36. The zero-order chi connectivity index (χ0) is 15.2. The van der Waals surface area contributed by atoms with E-state index in [1.165, 1.54) is 12.8 Å². The van der Waals surface area contributed by atoms with E-state index in [1.54, 1.807) is 0 Å². The fourth-order valence-electron chi connectivity index (χ4n) is 2.80. The van der Waals surface area contributed by atoms with Crippen LogP contribution in [-0.4, -0.2) is 41.2 Å². The van der Waals surface area contributed by atoms with Crippen LogP contribution in [0.1, 0.15) is 58.2 Å². The van der Waals surface area contributed by atoms with Crippen LogP contribution < -0.4 is 5.32 Å². The normalized spacial score (nSPS) is 20.6. The Bertz CT molecular complexity index is 416. The molecule has 0 aliphatic carbocycles. The van der Waals surface area contributed by atoms with Gasteiger partial charge in [0.2, 0.25) is 5.89 Å². The third-order valence-electron chi connectivity index (χ3n) is 3.95. The summed E-state index contributed by atoms with van der Waals surface area (Å²) >= 11 is 0. The molecule has 1 aromatic heterocycles. The fraction of sp³-hybridized carbons (Fsp3) is 0.875. The number of piperidine rings is 1. The summed E-state index contributed by atoms with van der Waals surface area (Å²) in [6.45, 7) is 14.0. The Hall–Kier alpha value is -0.940. The molecule has 5 heteroatoms. The monoisotopic (exact) mass is 294 g/mol. The lowest BCUT2D eigenvalue weighted by Gasteiger charge is -2.32. The number of aromatic nitrogens is 2. The van der Waals surface area contributed by atoms with Crippen LogP contribution in [0.3, 0.4) is 0 Å². The standard InChI is InChI=1S/C16H30N4O/c1-12(2)8-17-9-14-6-5-7-20(10-14)11-15-18-16(13(3)4)19-21-15/h12-14,17H,5-11H2,1-4H3. The van der Waals surface area contributed by atoms with Gasteiger partial charge in [-0.25, -0.2) is 0 Å². The Morgan fingerprint density at radius 3 is 2.81 bits per heavy atom. The van der Waals surface area contributed by atoms with Crippen molar-refractivity contribution in [3.8, 4) is 0 Å². The van der Waals surface area contributed by atoms with Gasteiger partial charge in [0.1, 0.15) is 0 Å². The van der Waals surface area contributed by atoms with Crippen LogP contribution in [0.15, 0.2) is 4.52 Å². The molecule has 120 valence electrons. The van der Waals surface area contributed by atoms with Gasteiger partial charge in [-0.2, -0.15) is 4.98 Å². The van der Waals surface area contributed by atoms with E-state index < -0.39 is 0 Å². The smallest absolute Gasteiger partial charge is 0.240 e. The largest absolute Gasteiger partial charge is 0.338 e. The third kappa shape index (κ3) is 5.40. The summed E-state index contributed by atoms with van der Waals surface area (Å²) < 4.78 is 5.36. The molecule has 0 amide bonds. The van der Waals surface area contributed by atoms with Crippen LogP contribution >= 0.6 is 0 Å². The predicted octanol–water partition coefficient (Wildman–Crippen LogP) is 2.65. The van der Waals surface area contributed by atoms with E-state index in [-0.39, 0.29) is 0 Å². The van der Waals surface area contributed by atoms with E-state index in [9.17, 15) is 0 Å². The highest BCUT2D eigenvalue weighted by Crippen LogP contribution is 2.18. The molecule has 0 radical (unpaired) electrons. The van der Waals surface area contributed by atoms with Crippen molar-refractivity contribution in [2.24, 2.45) is 11.8 Å². The Labute approximate surface area is 128 Å². The van der Waals surface area contributed by atoms with Gasteiger partial charge < -0.3 is 9.84 Å². The van der Waals surface area contributed by atoms with Crippen molar-refractivity contribution in [1.82, 2.24) is 20.4 Å². The molecule has 1 saturated heterocycles. The van der Waals surface area contributed by atoms with Crippen molar-refractivity contribution < 1.29 is 4.52 Å². The number of nitrogens with one attached hydrogen (secondary N) is 1. The highest BCUT2D eigenvalue weighted by molar-refractivity contribution is 4.92. The number of hydrogen-bond donors (Lipinski definition) is 1. The van der Waals surface area contributed by atoms with Gasteiger partial charge in [0, 0.05) is 12.5 Å². The Morgan fingerprint density at radius 1 is 1.33 bits per heavy atom. The van der Waals surface area contributed by atoms with Gasteiger partial charge in [0.15, 0.2) is 5.82 Å². The SMILES string of the molecule is CC(C)CNCC1CCCN(Cc2nc(C(C)C)no2)C1. The number of nitrogens with zero attached hydrogens (tertiary/aromatic N) is 3. The second-order valence-corrected chi connectivity index (χ2v) is 7.00.